The number of likely N-dealkylation sites (tertiary alicyclic amines) is 1. The minimum atomic E-state index is -3.69. The van der Waals surface area contributed by atoms with Crippen LogP contribution in [0.1, 0.15) is 42.6 Å². The van der Waals surface area contributed by atoms with Gasteiger partial charge in [0.05, 0.1) is 24.4 Å². The van der Waals surface area contributed by atoms with Gasteiger partial charge in [-0.15, -0.1) is 0 Å². The number of alkyl halides is 1. The molecule has 1 aliphatic rings. The molecule has 1 saturated heterocycles. The van der Waals surface area contributed by atoms with E-state index in [4.69, 9.17) is 0 Å². The Labute approximate surface area is 228 Å². The summed E-state index contributed by atoms with van der Waals surface area (Å²) in [4.78, 5) is 30.4. The summed E-state index contributed by atoms with van der Waals surface area (Å²) in [6.45, 7) is 3.79. The first-order valence-electron chi connectivity index (χ1n) is 12.7. The molecule has 3 rings (SSSR count). The third-order valence-electron chi connectivity index (χ3n) is 6.90. The Hall–Kier alpha value is -3.45. The van der Waals surface area contributed by atoms with Gasteiger partial charge in [-0.2, -0.15) is 0 Å². The van der Waals surface area contributed by atoms with E-state index in [1.807, 2.05) is 13.8 Å². The summed E-state index contributed by atoms with van der Waals surface area (Å²) in [7, 11) is -2.37. The summed E-state index contributed by atoms with van der Waals surface area (Å²) in [5, 5.41) is 26.7. The smallest absolute Gasteiger partial charge is 0.407 e. The maximum atomic E-state index is 14.8. The number of pyridine rings is 1. The molecule has 0 spiro atoms. The molecule has 2 heterocycles. The second-order valence-electron chi connectivity index (χ2n) is 9.81. The number of hydrogen-bond acceptors (Lipinski definition) is 7. The van der Waals surface area contributed by atoms with Crippen molar-refractivity contribution in [2.24, 2.45) is 0 Å². The van der Waals surface area contributed by atoms with Gasteiger partial charge in [0.1, 0.15) is 17.8 Å². The van der Waals surface area contributed by atoms with Crippen molar-refractivity contribution in [3.8, 4) is 0 Å². The molecule has 0 radical (unpaired) electrons. The highest BCUT2D eigenvalue weighted by Gasteiger charge is 2.45. The number of benzene rings is 1. The number of anilines is 2. The van der Waals surface area contributed by atoms with Gasteiger partial charge in [-0.05, 0) is 43.9 Å². The van der Waals surface area contributed by atoms with E-state index in [9.17, 15) is 32.6 Å². The molecule has 0 bridgehead atoms. The molecular weight excluding hydrogens is 529 g/mol. The third kappa shape index (κ3) is 7.57. The van der Waals surface area contributed by atoms with Crippen molar-refractivity contribution in [2.45, 2.75) is 63.5 Å². The standard InChI is InChI=1S/C26H36FN5O6S/c1-5-16(2)28-21-14-18(15-22(30-21)31(3)39(4,37)38)25(34)29-20(13-17-9-7-6-8-10-17)24(33)23-19(27)11-12-32(23)26(35)36/h6-10,14-16,19-20,23-24,33H,5,11-13H2,1-4H3,(H,28,30)(H,29,34)(H,35,36)/t16?,19?,20-,23?,24?/m0/s1. The first kappa shape index (κ1) is 30.1. The summed E-state index contributed by atoms with van der Waals surface area (Å²) in [6, 6.07) is 9.25. The number of sulfonamides is 1. The van der Waals surface area contributed by atoms with Gasteiger partial charge in [0.15, 0.2) is 0 Å². The Morgan fingerprint density at radius 3 is 2.51 bits per heavy atom. The van der Waals surface area contributed by atoms with Crippen LogP contribution in [0, 0.1) is 0 Å². The van der Waals surface area contributed by atoms with Crippen molar-refractivity contribution < 1.29 is 32.6 Å². The van der Waals surface area contributed by atoms with Crippen LogP contribution >= 0.6 is 0 Å². The lowest BCUT2D eigenvalue weighted by atomic mass is 9.94. The molecule has 5 atom stereocenters. The minimum absolute atomic E-state index is 0.00720. The molecule has 2 amide bonds. The second-order valence-corrected chi connectivity index (χ2v) is 11.8. The quantitative estimate of drug-likeness (QED) is 0.324. The number of carbonyl (C=O) groups is 2. The van der Waals surface area contributed by atoms with Crippen LogP contribution in [0.5, 0.6) is 0 Å². The molecule has 13 heteroatoms. The number of carboxylic acid groups (broad SMARTS) is 1. The van der Waals surface area contributed by atoms with E-state index >= 15 is 0 Å². The average Bonchev–Trinajstić information content (AvgIpc) is 3.28. The van der Waals surface area contributed by atoms with E-state index < -0.39 is 46.4 Å². The molecule has 4 unspecified atom stereocenters. The highest BCUT2D eigenvalue weighted by Crippen LogP contribution is 2.27. The van der Waals surface area contributed by atoms with Crippen LogP contribution in [0.3, 0.4) is 0 Å². The molecule has 214 valence electrons. The molecule has 4 N–H and O–H groups in total. The minimum Gasteiger partial charge on any atom is -0.465 e. The maximum absolute atomic E-state index is 14.8. The maximum Gasteiger partial charge on any atom is 0.407 e. The summed E-state index contributed by atoms with van der Waals surface area (Å²) < 4.78 is 40.1. The van der Waals surface area contributed by atoms with Crippen LogP contribution in [-0.2, 0) is 16.4 Å². The van der Waals surface area contributed by atoms with Crippen molar-refractivity contribution >= 4 is 33.7 Å². The summed E-state index contributed by atoms with van der Waals surface area (Å²) in [5.74, 6) is -0.380. The fraction of sp³-hybridized carbons (Fsp3) is 0.500. The highest BCUT2D eigenvalue weighted by atomic mass is 32.2. The number of nitrogens with zero attached hydrogens (tertiary/aromatic N) is 3. The van der Waals surface area contributed by atoms with E-state index in [0.717, 1.165) is 27.4 Å². The summed E-state index contributed by atoms with van der Waals surface area (Å²) >= 11 is 0. The van der Waals surface area contributed by atoms with Crippen molar-refractivity contribution in [1.29, 1.82) is 0 Å². The van der Waals surface area contributed by atoms with Gasteiger partial charge in [-0.3, -0.25) is 14.0 Å². The molecule has 0 saturated carbocycles. The summed E-state index contributed by atoms with van der Waals surface area (Å²) in [6.07, 6.45) is -2.72. The number of carbonyl (C=O) groups excluding carboxylic acids is 1. The van der Waals surface area contributed by atoms with Gasteiger partial charge in [0, 0.05) is 25.2 Å². The third-order valence-corrected chi connectivity index (χ3v) is 8.08. The van der Waals surface area contributed by atoms with Crippen molar-refractivity contribution in [1.82, 2.24) is 15.2 Å². The van der Waals surface area contributed by atoms with Gasteiger partial charge in [0.2, 0.25) is 10.0 Å². The first-order valence-corrected chi connectivity index (χ1v) is 14.6. The lowest BCUT2D eigenvalue weighted by Crippen LogP contribution is -2.56. The number of aliphatic hydroxyl groups excluding tert-OH is 1. The van der Waals surface area contributed by atoms with E-state index in [1.54, 1.807) is 30.3 Å². The molecule has 11 nitrogen and oxygen atoms in total. The topological polar surface area (TPSA) is 152 Å². The van der Waals surface area contributed by atoms with Crippen molar-refractivity contribution in [3.63, 3.8) is 0 Å². The van der Waals surface area contributed by atoms with Crippen LogP contribution in [0.4, 0.5) is 20.8 Å². The zero-order chi connectivity index (χ0) is 28.9. The lowest BCUT2D eigenvalue weighted by Gasteiger charge is -2.33. The lowest BCUT2D eigenvalue weighted by molar-refractivity contribution is 0.0205. The van der Waals surface area contributed by atoms with Gasteiger partial charge < -0.3 is 20.8 Å². The fourth-order valence-corrected chi connectivity index (χ4v) is 4.85. The molecular formula is C26H36FN5O6S. The Balaban J connectivity index is 1.98. The van der Waals surface area contributed by atoms with Gasteiger partial charge in [-0.25, -0.2) is 22.6 Å². The van der Waals surface area contributed by atoms with Crippen LogP contribution < -0.4 is 14.9 Å². The molecule has 0 aliphatic carbocycles. The molecule has 1 aromatic carbocycles. The Kier molecular flexibility index (Phi) is 9.73. The summed E-state index contributed by atoms with van der Waals surface area (Å²) in [5.41, 5.74) is 0.799. The number of halogens is 1. The van der Waals surface area contributed by atoms with Crippen LogP contribution in [-0.4, -0.2) is 90.8 Å². The van der Waals surface area contributed by atoms with E-state index in [1.165, 1.54) is 19.2 Å². The Bertz CT molecular complexity index is 1260. The average molecular weight is 566 g/mol. The predicted octanol–water partition coefficient (Wildman–Crippen LogP) is 2.48. The molecule has 39 heavy (non-hydrogen) atoms. The Morgan fingerprint density at radius 1 is 1.26 bits per heavy atom. The van der Waals surface area contributed by atoms with Crippen LogP contribution in [0.15, 0.2) is 42.5 Å². The van der Waals surface area contributed by atoms with Crippen molar-refractivity contribution in [2.75, 3.05) is 29.5 Å². The number of amides is 2. The van der Waals surface area contributed by atoms with Crippen LogP contribution in [0.25, 0.3) is 0 Å². The number of rotatable bonds is 11. The number of hydrogen-bond donors (Lipinski definition) is 4. The molecule has 1 fully saturated rings. The van der Waals surface area contributed by atoms with E-state index in [-0.39, 0.29) is 42.6 Å². The van der Waals surface area contributed by atoms with Gasteiger partial charge in [0.25, 0.3) is 5.91 Å². The normalized spacial score (nSPS) is 19.7. The zero-order valence-corrected chi connectivity index (χ0v) is 23.2. The van der Waals surface area contributed by atoms with E-state index in [2.05, 4.69) is 15.6 Å². The van der Waals surface area contributed by atoms with Gasteiger partial charge in [-0.1, -0.05) is 37.3 Å². The molecule has 2 aromatic rings. The van der Waals surface area contributed by atoms with E-state index in [0.29, 0.717) is 0 Å². The SMILES string of the molecule is CCC(C)Nc1cc(C(=O)N[C@@H](Cc2ccccc2)C(O)C2C(F)CCN2C(=O)O)cc(N(C)S(C)(=O)=O)n1. The van der Waals surface area contributed by atoms with Gasteiger partial charge >= 0.3 is 6.09 Å². The zero-order valence-electron chi connectivity index (χ0n) is 22.4. The number of nitrogens with one attached hydrogen (secondary N) is 2. The molecule has 1 aromatic heterocycles. The number of aliphatic hydroxyl groups is 1. The van der Waals surface area contributed by atoms with Crippen LogP contribution in [0.2, 0.25) is 0 Å². The monoisotopic (exact) mass is 565 g/mol. The fourth-order valence-electron chi connectivity index (χ4n) is 4.42. The Morgan fingerprint density at radius 2 is 1.92 bits per heavy atom. The predicted molar refractivity (Wildman–Crippen MR) is 146 cm³/mol. The number of aromatic nitrogens is 1. The van der Waals surface area contributed by atoms with Crippen molar-refractivity contribution in [3.05, 3.63) is 53.6 Å². The first-order chi connectivity index (χ1) is 18.3. The largest absolute Gasteiger partial charge is 0.465 e. The highest BCUT2D eigenvalue weighted by molar-refractivity contribution is 7.92. The second kappa shape index (κ2) is 12.6. The molecule has 1 aliphatic heterocycles.